The van der Waals surface area contributed by atoms with Crippen molar-refractivity contribution >= 4 is 29.0 Å². The number of hydrogen-bond acceptors (Lipinski definition) is 5. The van der Waals surface area contributed by atoms with Gasteiger partial charge in [0.2, 0.25) is 5.91 Å². The van der Waals surface area contributed by atoms with Crippen LogP contribution < -0.4 is 10.5 Å². The lowest BCUT2D eigenvalue weighted by atomic mass is 9.99. The van der Waals surface area contributed by atoms with Gasteiger partial charge in [-0.15, -0.1) is 0 Å². The number of carbonyl (C=O) groups excluding carboxylic acids is 2. The number of benzene rings is 2. The number of carbonyl (C=O) groups is 2. The van der Waals surface area contributed by atoms with Gasteiger partial charge in [0.25, 0.3) is 5.56 Å². The SMILES string of the molecule is Cc1ccc(C)c(C(=O)CCC(=O)N2CCN(c3cnn(-c4ccccc4)c(=O)c3Cl)CC2)c1. The van der Waals surface area contributed by atoms with Crippen molar-refractivity contribution in [3.8, 4) is 5.69 Å². The van der Waals surface area contributed by atoms with E-state index in [-0.39, 0.29) is 35.1 Å². The molecule has 2 heterocycles. The lowest BCUT2D eigenvalue weighted by molar-refractivity contribution is -0.131. The molecule has 0 atom stereocenters. The number of amides is 1. The first-order valence-electron chi connectivity index (χ1n) is 11.3. The number of anilines is 1. The van der Waals surface area contributed by atoms with Gasteiger partial charge in [0, 0.05) is 44.6 Å². The Morgan fingerprint density at radius 3 is 2.38 bits per heavy atom. The summed E-state index contributed by atoms with van der Waals surface area (Å²) in [5.41, 5.74) is 3.47. The van der Waals surface area contributed by atoms with Gasteiger partial charge in [-0.25, -0.2) is 0 Å². The molecule has 34 heavy (non-hydrogen) atoms. The second-order valence-electron chi connectivity index (χ2n) is 8.51. The molecule has 1 fully saturated rings. The average Bonchev–Trinajstić information content (AvgIpc) is 2.86. The summed E-state index contributed by atoms with van der Waals surface area (Å²) in [6, 6.07) is 14.9. The van der Waals surface area contributed by atoms with E-state index in [0.717, 1.165) is 11.1 Å². The molecule has 1 saturated heterocycles. The summed E-state index contributed by atoms with van der Waals surface area (Å²) >= 11 is 6.41. The number of rotatable bonds is 6. The molecule has 1 amide bonds. The Labute approximate surface area is 203 Å². The summed E-state index contributed by atoms with van der Waals surface area (Å²) in [6.45, 7) is 5.92. The van der Waals surface area contributed by atoms with E-state index in [0.29, 0.717) is 43.1 Å². The fraction of sp³-hybridized carbons (Fsp3) is 0.308. The molecule has 0 N–H and O–H groups in total. The van der Waals surface area contributed by atoms with Crippen LogP contribution in [0, 0.1) is 13.8 Å². The number of aromatic nitrogens is 2. The Balaban J connectivity index is 1.35. The van der Waals surface area contributed by atoms with Gasteiger partial charge in [-0.3, -0.25) is 14.4 Å². The first-order valence-corrected chi connectivity index (χ1v) is 11.7. The van der Waals surface area contributed by atoms with Crippen molar-refractivity contribution in [2.75, 3.05) is 31.1 Å². The molecule has 0 saturated carbocycles. The van der Waals surface area contributed by atoms with Gasteiger partial charge in [-0.2, -0.15) is 9.78 Å². The maximum atomic E-state index is 12.8. The molecule has 1 aromatic heterocycles. The molecule has 0 spiro atoms. The summed E-state index contributed by atoms with van der Waals surface area (Å²) in [4.78, 5) is 41.8. The maximum absolute atomic E-state index is 12.8. The minimum absolute atomic E-state index is 0.00924. The fourth-order valence-electron chi connectivity index (χ4n) is 4.14. The number of para-hydroxylation sites is 1. The molecule has 8 heteroatoms. The van der Waals surface area contributed by atoms with Crippen LogP contribution in [0.15, 0.2) is 59.5 Å². The summed E-state index contributed by atoms with van der Waals surface area (Å²) < 4.78 is 1.28. The molecule has 176 valence electrons. The smallest absolute Gasteiger partial charge is 0.292 e. The first kappa shape index (κ1) is 23.7. The van der Waals surface area contributed by atoms with E-state index in [2.05, 4.69) is 5.10 Å². The Morgan fingerprint density at radius 2 is 1.68 bits per heavy atom. The Bertz CT molecular complexity index is 1260. The summed E-state index contributed by atoms with van der Waals surface area (Å²) in [7, 11) is 0. The van der Waals surface area contributed by atoms with E-state index in [4.69, 9.17) is 11.6 Å². The van der Waals surface area contributed by atoms with Crippen LogP contribution in [-0.2, 0) is 4.79 Å². The van der Waals surface area contributed by atoms with Gasteiger partial charge in [-0.1, -0.05) is 47.5 Å². The highest BCUT2D eigenvalue weighted by atomic mass is 35.5. The highest BCUT2D eigenvalue weighted by Gasteiger charge is 2.24. The van der Waals surface area contributed by atoms with E-state index in [9.17, 15) is 14.4 Å². The van der Waals surface area contributed by atoms with Gasteiger partial charge in [-0.05, 0) is 37.6 Å². The zero-order valence-electron chi connectivity index (χ0n) is 19.3. The molecule has 2 aromatic carbocycles. The van der Waals surface area contributed by atoms with Crippen molar-refractivity contribution in [2.24, 2.45) is 0 Å². The maximum Gasteiger partial charge on any atom is 0.292 e. The highest BCUT2D eigenvalue weighted by molar-refractivity contribution is 6.33. The standard InChI is InChI=1S/C26H27ClN4O3/c1-18-8-9-19(2)21(16-18)23(32)10-11-24(33)30-14-12-29(13-15-30)22-17-28-31(26(34)25(22)27)20-6-4-3-5-7-20/h3-9,16-17H,10-15H2,1-2H3. The van der Waals surface area contributed by atoms with Crippen molar-refractivity contribution in [2.45, 2.75) is 26.7 Å². The van der Waals surface area contributed by atoms with Crippen LogP contribution in [0.3, 0.4) is 0 Å². The van der Waals surface area contributed by atoms with Gasteiger partial charge in [0.15, 0.2) is 5.78 Å². The Kier molecular flexibility index (Phi) is 7.12. The molecule has 0 bridgehead atoms. The predicted octanol–water partition coefficient (Wildman–Crippen LogP) is 3.81. The van der Waals surface area contributed by atoms with Crippen LogP contribution in [0.5, 0.6) is 0 Å². The van der Waals surface area contributed by atoms with Crippen molar-refractivity contribution in [1.82, 2.24) is 14.7 Å². The number of piperazine rings is 1. The van der Waals surface area contributed by atoms with Crippen molar-refractivity contribution < 1.29 is 9.59 Å². The van der Waals surface area contributed by atoms with Crippen molar-refractivity contribution in [3.63, 3.8) is 0 Å². The normalized spacial score (nSPS) is 13.7. The number of ketones is 1. The van der Waals surface area contributed by atoms with Crippen molar-refractivity contribution in [3.05, 3.63) is 86.8 Å². The van der Waals surface area contributed by atoms with Crippen LogP contribution >= 0.6 is 11.6 Å². The first-order chi connectivity index (χ1) is 16.3. The quantitative estimate of drug-likeness (QED) is 0.503. The van der Waals surface area contributed by atoms with Gasteiger partial charge >= 0.3 is 0 Å². The highest BCUT2D eigenvalue weighted by Crippen LogP contribution is 2.23. The van der Waals surface area contributed by atoms with E-state index in [1.807, 2.05) is 55.1 Å². The number of aryl methyl sites for hydroxylation is 2. The second-order valence-corrected chi connectivity index (χ2v) is 8.88. The monoisotopic (exact) mass is 478 g/mol. The Hall–Kier alpha value is -3.45. The van der Waals surface area contributed by atoms with E-state index in [1.54, 1.807) is 23.2 Å². The third kappa shape index (κ3) is 5.04. The second kappa shape index (κ2) is 10.2. The molecular formula is C26H27ClN4O3. The summed E-state index contributed by atoms with van der Waals surface area (Å²) in [5, 5.41) is 4.40. The van der Waals surface area contributed by atoms with Crippen LogP contribution in [0.4, 0.5) is 5.69 Å². The number of nitrogens with zero attached hydrogens (tertiary/aromatic N) is 4. The minimum Gasteiger partial charge on any atom is -0.365 e. The lowest BCUT2D eigenvalue weighted by Crippen LogP contribution is -2.49. The molecule has 1 aliphatic rings. The summed E-state index contributed by atoms with van der Waals surface area (Å²) in [5.74, 6) is -0.0490. The molecule has 0 unspecified atom stereocenters. The molecular weight excluding hydrogens is 452 g/mol. The zero-order chi connectivity index (χ0) is 24.2. The largest absolute Gasteiger partial charge is 0.365 e. The van der Waals surface area contributed by atoms with E-state index < -0.39 is 0 Å². The van der Waals surface area contributed by atoms with Crippen molar-refractivity contribution in [1.29, 1.82) is 0 Å². The molecule has 1 aliphatic heterocycles. The van der Waals surface area contributed by atoms with Crippen LogP contribution in [0.25, 0.3) is 5.69 Å². The number of hydrogen-bond donors (Lipinski definition) is 0. The predicted molar refractivity (Wildman–Crippen MR) is 133 cm³/mol. The number of halogens is 1. The molecule has 0 aliphatic carbocycles. The third-order valence-corrected chi connectivity index (χ3v) is 6.49. The minimum atomic E-state index is -0.381. The molecule has 7 nitrogen and oxygen atoms in total. The number of Topliss-reactive ketones (excluding diaryl/α,β-unsaturated/α-hetero) is 1. The van der Waals surface area contributed by atoms with Crippen LogP contribution in [0.2, 0.25) is 5.02 Å². The van der Waals surface area contributed by atoms with Gasteiger partial charge in [0.1, 0.15) is 5.02 Å². The van der Waals surface area contributed by atoms with Gasteiger partial charge < -0.3 is 9.80 Å². The van der Waals surface area contributed by atoms with E-state index in [1.165, 1.54) is 4.68 Å². The van der Waals surface area contributed by atoms with Crippen LogP contribution in [-0.4, -0.2) is 52.5 Å². The fourth-order valence-corrected chi connectivity index (χ4v) is 4.39. The zero-order valence-corrected chi connectivity index (χ0v) is 20.1. The molecule has 0 radical (unpaired) electrons. The topological polar surface area (TPSA) is 75.5 Å². The Morgan fingerprint density at radius 1 is 0.971 bits per heavy atom. The van der Waals surface area contributed by atoms with E-state index >= 15 is 0 Å². The molecule has 3 aromatic rings. The third-order valence-electron chi connectivity index (χ3n) is 6.13. The average molecular weight is 479 g/mol. The van der Waals surface area contributed by atoms with Gasteiger partial charge in [0.05, 0.1) is 17.6 Å². The van der Waals surface area contributed by atoms with Crippen LogP contribution in [0.1, 0.15) is 34.3 Å². The lowest BCUT2D eigenvalue weighted by Gasteiger charge is -2.36. The summed E-state index contributed by atoms with van der Waals surface area (Å²) in [6.07, 6.45) is 1.97. The molecule has 4 rings (SSSR count).